The molecule has 2 N–H and O–H groups in total. The molecule has 2 rings (SSSR count). The predicted molar refractivity (Wildman–Crippen MR) is 104 cm³/mol. The summed E-state index contributed by atoms with van der Waals surface area (Å²) in [6.07, 6.45) is 4.29. The number of nitrogens with two attached hydrogens (primary N) is 1. The molecule has 0 aromatic heterocycles. The molecule has 0 saturated heterocycles. The highest BCUT2D eigenvalue weighted by atomic mass is 19.1. The Balaban J connectivity index is 2.09. The molecule has 0 amide bonds. The van der Waals surface area contributed by atoms with E-state index < -0.39 is 5.41 Å². The fourth-order valence-electron chi connectivity index (χ4n) is 2.56. The molecule has 0 radical (unpaired) electrons. The minimum absolute atomic E-state index is 0.208. The zero-order chi connectivity index (χ0) is 19.2. The highest BCUT2D eigenvalue weighted by Gasteiger charge is 2.28. The largest absolute Gasteiger partial charge is 0.426 e. The molecule has 0 aliphatic carbocycles. The van der Waals surface area contributed by atoms with Gasteiger partial charge in [-0.05, 0) is 56.0 Å². The van der Waals surface area contributed by atoms with Crippen molar-refractivity contribution < 1.29 is 13.9 Å². The van der Waals surface area contributed by atoms with E-state index in [2.05, 4.69) is 6.92 Å². The molecule has 2 aromatic rings. The van der Waals surface area contributed by atoms with Crippen LogP contribution in [0.5, 0.6) is 5.75 Å². The van der Waals surface area contributed by atoms with Gasteiger partial charge in [-0.3, -0.25) is 4.79 Å². The van der Waals surface area contributed by atoms with E-state index in [9.17, 15) is 9.18 Å². The molecule has 0 unspecified atom stereocenters. The Morgan fingerprint density at radius 1 is 1.12 bits per heavy atom. The second-order valence-corrected chi connectivity index (χ2v) is 7.27. The molecular formula is C22H28FNO2. The maximum Gasteiger partial charge on any atom is 0.318 e. The number of carbonyl (C=O) groups is 1. The van der Waals surface area contributed by atoms with Crippen molar-refractivity contribution in [1.29, 1.82) is 0 Å². The van der Waals surface area contributed by atoms with E-state index in [1.54, 1.807) is 44.2 Å². The minimum atomic E-state index is -0.738. The van der Waals surface area contributed by atoms with Crippen LogP contribution in [0.3, 0.4) is 0 Å². The highest BCUT2D eigenvalue weighted by Crippen LogP contribution is 2.27. The molecular weight excluding hydrogens is 329 g/mol. The smallest absolute Gasteiger partial charge is 0.318 e. The first-order valence-electron chi connectivity index (χ1n) is 9.18. The van der Waals surface area contributed by atoms with E-state index in [1.807, 2.05) is 12.1 Å². The summed E-state index contributed by atoms with van der Waals surface area (Å²) in [5, 5.41) is 0. The van der Waals surface area contributed by atoms with Gasteiger partial charge in [-0.1, -0.05) is 44.0 Å². The van der Waals surface area contributed by atoms with Gasteiger partial charge in [-0.25, -0.2) is 4.39 Å². The molecule has 0 spiro atoms. The standard InChI is InChI=1S/C22H28FNO2/c1-4-5-6-7-16-8-13-19(20(23)14-16)17-9-11-18(12-10-17)26-21(25)22(2,3)15-24/h8-14H,4-7,15,24H2,1-3H3. The van der Waals surface area contributed by atoms with Gasteiger partial charge in [0.15, 0.2) is 0 Å². The first-order chi connectivity index (χ1) is 12.4. The summed E-state index contributed by atoms with van der Waals surface area (Å²) in [6.45, 7) is 5.84. The number of aryl methyl sites for hydroxylation is 1. The first-order valence-corrected chi connectivity index (χ1v) is 9.18. The van der Waals surface area contributed by atoms with Crippen LogP contribution >= 0.6 is 0 Å². The molecule has 0 saturated carbocycles. The lowest BCUT2D eigenvalue weighted by Gasteiger charge is -2.19. The minimum Gasteiger partial charge on any atom is -0.426 e. The topological polar surface area (TPSA) is 52.3 Å². The second-order valence-electron chi connectivity index (χ2n) is 7.27. The summed E-state index contributed by atoms with van der Waals surface area (Å²) in [6, 6.07) is 12.3. The van der Waals surface area contributed by atoms with Crippen molar-refractivity contribution in [3.63, 3.8) is 0 Å². The van der Waals surface area contributed by atoms with Crippen LogP contribution in [-0.2, 0) is 11.2 Å². The van der Waals surface area contributed by atoms with E-state index in [1.165, 1.54) is 0 Å². The Hall–Kier alpha value is -2.20. The molecule has 0 bridgehead atoms. The number of esters is 1. The molecule has 4 heteroatoms. The van der Waals surface area contributed by atoms with Gasteiger partial charge in [0.05, 0.1) is 5.41 Å². The van der Waals surface area contributed by atoms with Crippen LogP contribution in [0.15, 0.2) is 42.5 Å². The van der Waals surface area contributed by atoms with Gasteiger partial charge in [-0.15, -0.1) is 0 Å². The molecule has 0 atom stereocenters. The van der Waals surface area contributed by atoms with Crippen molar-refractivity contribution in [2.45, 2.75) is 46.5 Å². The monoisotopic (exact) mass is 357 g/mol. The maximum atomic E-state index is 14.5. The lowest BCUT2D eigenvalue weighted by molar-refractivity contribution is -0.143. The molecule has 0 heterocycles. The zero-order valence-corrected chi connectivity index (χ0v) is 15.8. The lowest BCUT2D eigenvalue weighted by Crippen LogP contribution is -2.36. The van der Waals surface area contributed by atoms with Gasteiger partial charge >= 0.3 is 5.97 Å². The summed E-state index contributed by atoms with van der Waals surface area (Å²) in [7, 11) is 0. The first kappa shape index (κ1) is 20.1. The number of unbranched alkanes of at least 4 members (excludes halogenated alkanes) is 2. The van der Waals surface area contributed by atoms with Crippen molar-refractivity contribution in [2.75, 3.05) is 6.54 Å². The van der Waals surface area contributed by atoms with Crippen molar-refractivity contribution in [1.82, 2.24) is 0 Å². The number of hydrogen-bond donors (Lipinski definition) is 1. The van der Waals surface area contributed by atoms with E-state index in [-0.39, 0.29) is 18.3 Å². The number of carbonyl (C=O) groups excluding carboxylic acids is 1. The SMILES string of the molecule is CCCCCc1ccc(-c2ccc(OC(=O)C(C)(C)CN)cc2)c(F)c1. The van der Waals surface area contributed by atoms with Crippen molar-refractivity contribution in [3.05, 3.63) is 53.8 Å². The van der Waals surface area contributed by atoms with Crippen LogP contribution < -0.4 is 10.5 Å². The Morgan fingerprint density at radius 3 is 2.38 bits per heavy atom. The highest BCUT2D eigenvalue weighted by molar-refractivity contribution is 5.78. The van der Waals surface area contributed by atoms with Crippen molar-refractivity contribution >= 4 is 5.97 Å². The number of halogens is 1. The number of ether oxygens (including phenoxy) is 1. The average molecular weight is 357 g/mol. The molecule has 3 nitrogen and oxygen atoms in total. The molecule has 0 fully saturated rings. The third-order valence-corrected chi connectivity index (χ3v) is 4.54. The van der Waals surface area contributed by atoms with Gasteiger partial charge in [0.2, 0.25) is 0 Å². The Labute approximate surface area is 155 Å². The van der Waals surface area contributed by atoms with Crippen molar-refractivity contribution in [2.24, 2.45) is 11.1 Å². The van der Waals surface area contributed by atoms with Crippen LogP contribution in [0.25, 0.3) is 11.1 Å². The van der Waals surface area contributed by atoms with E-state index in [0.717, 1.165) is 36.8 Å². The van der Waals surface area contributed by atoms with Gasteiger partial charge in [0, 0.05) is 12.1 Å². The van der Waals surface area contributed by atoms with E-state index >= 15 is 0 Å². The van der Waals surface area contributed by atoms with Crippen molar-refractivity contribution in [3.8, 4) is 16.9 Å². The van der Waals surface area contributed by atoms with Crippen LogP contribution in [0.2, 0.25) is 0 Å². The summed E-state index contributed by atoms with van der Waals surface area (Å²) in [5.74, 6) is -0.180. The normalized spacial score (nSPS) is 11.4. The third-order valence-electron chi connectivity index (χ3n) is 4.54. The Bertz CT molecular complexity index is 738. The van der Waals surface area contributed by atoms with Gasteiger partial charge in [-0.2, -0.15) is 0 Å². The molecule has 2 aromatic carbocycles. The summed E-state index contributed by atoms with van der Waals surface area (Å²) < 4.78 is 19.8. The van der Waals surface area contributed by atoms with Crippen LogP contribution in [-0.4, -0.2) is 12.5 Å². The van der Waals surface area contributed by atoms with E-state index in [4.69, 9.17) is 10.5 Å². The quantitative estimate of drug-likeness (QED) is 0.405. The number of benzene rings is 2. The second kappa shape index (κ2) is 8.95. The predicted octanol–water partition coefficient (Wildman–Crippen LogP) is 5.12. The van der Waals surface area contributed by atoms with Gasteiger partial charge in [0.1, 0.15) is 11.6 Å². The molecule has 0 aliphatic rings. The lowest BCUT2D eigenvalue weighted by atomic mass is 9.94. The average Bonchev–Trinajstić information content (AvgIpc) is 2.63. The summed E-state index contributed by atoms with van der Waals surface area (Å²) >= 11 is 0. The van der Waals surface area contributed by atoms with E-state index in [0.29, 0.717) is 11.3 Å². The number of hydrogen-bond acceptors (Lipinski definition) is 3. The Morgan fingerprint density at radius 2 is 1.81 bits per heavy atom. The molecule has 0 aliphatic heterocycles. The van der Waals surface area contributed by atoms with Crippen LogP contribution in [0, 0.1) is 11.2 Å². The van der Waals surface area contributed by atoms with Gasteiger partial charge < -0.3 is 10.5 Å². The fourth-order valence-corrected chi connectivity index (χ4v) is 2.56. The summed E-state index contributed by atoms with van der Waals surface area (Å²) in [4.78, 5) is 12.1. The molecule has 140 valence electrons. The molecule has 26 heavy (non-hydrogen) atoms. The van der Waals surface area contributed by atoms with Crippen LogP contribution in [0.1, 0.15) is 45.6 Å². The Kier molecular flexibility index (Phi) is 6.92. The zero-order valence-electron chi connectivity index (χ0n) is 15.8. The summed E-state index contributed by atoms with van der Waals surface area (Å²) in [5.41, 5.74) is 7.17. The van der Waals surface area contributed by atoms with Gasteiger partial charge in [0.25, 0.3) is 0 Å². The third kappa shape index (κ3) is 5.15. The maximum absolute atomic E-state index is 14.5. The van der Waals surface area contributed by atoms with Crippen LogP contribution in [0.4, 0.5) is 4.39 Å². The number of rotatable bonds is 8. The fraction of sp³-hybridized carbons (Fsp3) is 0.409.